The highest BCUT2D eigenvalue weighted by Gasteiger charge is 2.05. The number of hydrogen-bond acceptors (Lipinski definition) is 2. The van der Waals surface area contributed by atoms with E-state index in [9.17, 15) is 4.79 Å². The molecule has 0 saturated heterocycles. The lowest BCUT2D eigenvalue weighted by molar-refractivity contribution is -0.121. The molecule has 0 bridgehead atoms. The minimum Gasteiger partial charge on any atom is -0.385 e. The van der Waals surface area contributed by atoms with Crippen LogP contribution in [0.4, 0.5) is 0 Å². The zero-order chi connectivity index (χ0) is 13.5. The van der Waals surface area contributed by atoms with Crippen molar-refractivity contribution in [1.29, 1.82) is 0 Å². The maximum Gasteiger partial charge on any atom is 0.220 e. The normalized spacial score (nSPS) is 10.8. The molecule has 19 heavy (non-hydrogen) atoms. The van der Waals surface area contributed by atoms with Gasteiger partial charge in [0.05, 0.1) is 0 Å². The first-order valence-corrected chi connectivity index (χ1v) is 6.62. The van der Waals surface area contributed by atoms with Crippen LogP contribution in [-0.4, -0.2) is 31.2 Å². The quantitative estimate of drug-likeness (QED) is 0.750. The maximum absolute atomic E-state index is 11.7. The number of rotatable bonds is 7. The molecule has 0 aliphatic carbocycles. The second kappa shape index (κ2) is 6.95. The van der Waals surface area contributed by atoms with Crippen LogP contribution in [0.25, 0.3) is 10.9 Å². The Labute approximate surface area is 113 Å². The summed E-state index contributed by atoms with van der Waals surface area (Å²) < 4.78 is 4.94. The van der Waals surface area contributed by atoms with Crippen LogP contribution in [0.1, 0.15) is 18.4 Å². The van der Waals surface area contributed by atoms with Crippen molar-refractivity contribution in [3.05, 3.63) is 36.0 Å². The molecular formula is C15H20N2O2. The number of methoxy groups -OCH3 is 1. The van der Waals surface area contributed by atoms with Gasteiger partial charge in [0.25, 0.3) is 0 Å². The Hall–Kier alpha value is -1.81. The Morgan fingerprint density at radius 1 is 1.37 bits per heavy atom. The molecule has 0 aliphatic heterocycles. The Morgan fingerprint density at radius 3 is 3.11 bits per heavy atom. The summed E-state index contributed by atoms with van der Waals surface area (Å²) in [4.78, 5) is 14.9. The van der Waals surface area contributed by atoms with Crippen LogP contribution in [0.3, 0.4) is 0 Å². The fourth-order valence-corrected chi connectivity index (χ4v) is 2.15. The number of carbonyl (C=O) groups is 1. The van der Waals surface area contributed by atoms with Crippen LogP contribution < -0.4 is 5.32 Å². The molecule has 0 aliphatic rings. The third-order valence-electron chi connectivity index (χ3n) is 3.15. The summed E-state index contributed by atoms with van der Waals surface area (Å²) in [6.07, 6.45) is 4.08. The molecule has 2 aromatic rings. The first-order chi connectivity index (χ1) is 9.31. The Morgan fingerprint density at radius 2 is 2.26 bits per heavy atom. The molecule has 1 amide bonds. The zero-order valence-corrected chi connectivity index (χ0v) is 11.2. The Kier molecular flexibility index (Phi) is 4.98. The Balaban J connectivity index is 1.82. The average Bonchev–Trinajstić information content (AvgIpc) is 2.90. The molecule has 0 unspecified atom stereocenters. The molecule has 4 heteroatoms. The third-order valence-corrected chi connectivity index (χ3v) is 3.15. The lowest BCUT2D eigenvalue weighted by Gasteiger charge is -2.06. The van der Waals surface area contributed by atoms with Crippen molar-refractivity contribution in [3.63, 3.8) is 0 Å². The van der Waals surface area contributed by atoms with E-state index in [-0.39, 0.29) is 5.91 Å². The molecule has 2 rings (SSSR count). The van der Waals surface area contributed by atoms with Gasteiger partial charge in [-0.3, -0.25) is 4.79 Å². The fourth-order valence-electron chi connectivity index (χ4n) is 2.15. The summed E-state index contributed by atoms with van der Waals surface area (Å²) in [5, 5.41) is 4.11. The topological polar surface area (TPSA) is 54.1 Å². The number of aromatic amines is 1. The maximum atomic E-state index is 11.7. The highest BCUT2D eigenvalue weighted by molar-refractivity contribution is 5.84. The molecule has 0 saturated carbocycles. The van der Waals surface area contributed by atoms with E-state index in [0.717, 1.165) is 18.4 Å². The van der Waals surface area contributed by atoms with Gasteiger partial charge in [0.15, 0.2) is 0 Å². The van der Waals surface area contributed by atoms with Crippen molar-refractivity contribution in [2.24, 2.45) is 0 Å². The van der Waals surface area contributed by atoms with E-state index in [1.807, 2.05) is 18.3 Å². The van der Waals surface area contributed by atoms with E-state index >= 15 is 0 Å². The molecule has 1 aromatic heterocycles. The molecule has 1 heterocycles. The highest BCUT2D eigenvalue weighted by atomic mass is 16.5. The van der Waals surface area contributed by atoms with Gasteiger partial charge < -0.3 is 15.0 Å². The fraction of sp³-hybridized carbons (Fsp3) is 0.400. The van der Waals surface area contributed by atoms with Gasteiger partial charge in [0, 0.05) is 43.8 Å². The second-order valence-electron chi connectivity index (χ2n) is 4.55. The third kappa shape index (κ3) is 3.83. The summed E-state index contributed by atoms with van der Waals surface area (Å²) in [5.74, 6) is 0.101. The monoisotopic (exact) mass is 260 g/mol. The van der Waals surface area contributed by atoms with Gasteiger partial charge in [-0.2, -0.15) is 0 Å². The van der Waals surface area contributed by atoms with Crippen molar-refractivity contribution < 1.29 is 9.53 Å². The largest absolute Gasteiger partial charge is 0.385 e. The van der Waals surface area contributed by atoms with Gasteiger partial charge in [0.1, 0.15) is 0 Å². The average molecular weight is 260 g/mol. The predicted octanol–water partition coefficient (Wildman–Crippen LogP) is 2.25. The molecule has 0 atom stereocenters. The SMILES string of the molecule is COCCCNC(=O)CCc1cccc2[nH]ccc12. The van der Waals surface area contributed by atoms with Crippen molar-refractivity contribution in [2.45, 2.75) is 19.3 Å². The van der Waals surface area contributed by atoms with Gasteiger partial charge in [-0.25, -0.2) is 0 Å². The molecule has 2 N–H and O–H groups in total. The summed E-state index contributed by atoms with van der Waals surface area (Å²) in [6.45, 7) is 1.37. The molecule has 1 aromatic carbocycles. The number of aryl methyl sites for hydroxylation is 1. The summed E-state index contributed by atoms with van der Waals surface area (Å²) >= 11 is 0. The van der Waals surface area contributed by atoms with Crippen LogP contribution in [-0.2, 0) is 16.0 Å². The van der Waals surface area contributed by atoms with Crippen LogP contribution in [0.2, 0.25) is 0 Å². The van der Waals surface area contributed by atoms with Gasteiger partial charge in [-0.15, -0.1) is 0 Å². The van der Waals surface area contributed by atoms with Gasteiger partial charge in [-0.05, 0) is 30.5 Å². The van der Waals surface area contributed by atoms with E-state index in [2.05, 4.69) is 22.4 Å². The molecular weight excluding hydrogens is 240 g/mol. The second-order valence-corrected chi connectivity index (χ2v) is 4.55. The van der Waals surface area contributed by atoms with E-state index in [1.54, 1.807) is 7.11 Å². The van der Waals surface area contributed by atoms with E-state index < -0.39 is 0 Å². The van der Waals surface area contributed by atoms with Gasteiger partial charge >= 0.3 is 0 Å². The molecule has 0 radical (unpaired) electrons. The molecule has 0 spiro atoms. The summed E-state index contributed by atoms with van der Waals surface area (Å²) in [5.41, 5.74) is 2.34. The van der Waals surface area contributed by atoms with Crippen LogP contribution in [0.5, 0.6) is 0 Å². The summed E-state index contributed by atoms with van der Waals surface area (Å²) in [7, 11) is 1.67. The van der Waals surface area contributed by atoms with Gasteiger partial charge in [-0.1, -0.05) is 12.1 Å². The minimum atomic E-state index is 0.101. The van der Waals surface area contributed by atoms with Crippen LogP contribution in [0, 0.1) is 0 Å². The van der Waals surface area contributed by atoms with Crippen LogP contribution in [0.15, 0.2) is 30.5 Å². The first-order valence-electron chi connectivity index (χ1n) is 6.62. The van der Waals surface area contributed by atoms with Crippen molar-refractivity contribution >= 4 is 16.8 Å². The Bertz CT molecular complexity index is 534. The number of ether oxygens (including phenoxy) is 1. The highest BCUT2D eigenvalue weighted by Crippen LogP contribution is 2.18. The number of amides is 1. The molecule has 102 valence electrons. The van der Waals surface area contributed by atoms with Crippen molar-refractivity contribution in [2.75, 3.05) is 20.3 Å². The number of aromatic nitrogens is 1. The number of nitrogens with one attached hydrogen (secondary N) is 2. The standard InChI is InChI=1S/C15H20N2O2/c1-19-11-3-9-17-15(18)7-6-12-4-2-5-14-13(12)8-10-16-14/h2,4-5,8,10,16H,3,6-7,9,11H2,1H3,(H,17,18). The number of H-pyrrole nitrogens is 1. The zero-order valence-electron chi connectivity index (χ0n) is 11.2. The smallest absolute Gasteiger partial charge is 0.220 e. The minimum absolute atomic E-state index is 0.101. The van der Waals surface area contributed by atoms with Gasteiger partial charge in [0.2, 0.25) is 5.91 Å². The predicted molar refractivity (Wildman–Crippen MR) is 76.1 cm³/mol. The first kappa shape index (κ1) is 13.6. The van der Waals surface area contributed by atoms with Crippen molar-refractivity contribution in [3.8, 4) is 0 Å². The van der Waals surface area contributed by atoms with Crippen LogP contribution >= 0.6 is 0 Å². The van der Waals surface area contributed by atoms with E-state index in [4.69, 9.17) is 4.74 Å². The lowest BCUT2D eigenvalue weighted by Crippen LogP contribution is -2.25. The number of fused-ring (bicyclic) bond motifs is 1. The van der Waals surface area contributed by atoms with Crippen molar-refractivity contribution in [1.82, 2.24) is 10.3 Å². The summed E-state index contributed by atoms with van der Waals surface area (Å²) in [6, 6.07) is 8.20. The number of carbonyl (C=O) groups excluding carboxylic acids is 1. The van der Waals surface area contributed by atoms with E-state index in [1.165, 1.54) is 10.9 Å². The molecule has 4 nitrogen and oxygen atoms in total. The number of hydrogen-bond donors (Lipinski definition) is 2. The van der Waals surface area contributed by atoms with E-state index in [0.29, 0.717) is 19.6 Å². The number of benzene rings is 1. The lowest BCUT2D eigenvalue weighted by atomic mass is 10.1. The molecule has 0 fully saturated rings.